The second-order valence-electron chi connectivity index (χ2n) is 8.84. The van der Waals surface area contributed by atoms with Crippen LogP contribution in [0.15, 0.2) is 18.2 Å². The van der Waals surface area contributed by atoms with Gasteiger partial charge in [-0.3, -0.25) is 20.5 Å². The molecule has 1 amide bonds. The average molecular weight is 377 g/mol. The number of nitrogens with zero attached hydrogens (tertiary/aromatic N) is 2. The molecule has 1 fully saturated rings. The smallest absolute Gasteiger partial charge is 0.244 e. The fourth-order valence-electron chi connectivity index (χ4n) is 3.69. The lowest BCUT2D eigenvalue weighted by Gasteiger charge is -2.30. The van der Waals surface area contributed by atoms with E-state index in [2.05, 4.69) is 31.6 Å². The standard InChI is InChI=1S/C20H32N4O3/c1-20(2,3)17-10-14(21-22-17)11-24(6)19(25)18(23(4)5)13-7-8-15-16(9-13)27-12-26-15/h7-9,14,17-18,21-22H,10-12H2,1-6H3. The zero-order chi connectivity index (χ0) is 19.8. The number of fused-ring (bicyclic) bond motifs is 1. The predicted octanol–water partition coefficient (Wildman–Crippen LogP) is 1.76. The lowest BCUT2D eigenvalue weighted by atomic mass is 9.84. The van der Waals surface area contributed by atoms with Crippen molar-refractivity contribution in [3.05, 3.63) is 23.8 Å². The van der Waals surface area contributed by atoms with Gasteiger partial charge in [0.1, 0.15) is 6.04 Å². The van der Waals surface area contributed by atoms with Gasteiger partial charge in [0.15, 0.2) is 11.5 Å². The second-order valence-corrected chi connectivity index (χ2v) is 8.84. The Bertz CT molecular complexity index is 686. The van der Waals surface area contributed by atoms with Crippen LogP contribution in [0.25, 0.3) is 0 Å². The third-order valence-corrected chi connectivity index (χ3v) is 5.36. The number of hydrogen-bond acceptors (Lipinski definition) is 6. The maximum Gasteiger partial charge on any atom is 0.244 e. The van der Waals surface area contributed by atoms with Crippen molar-refractivity contribution < 1.29 is 14.3 Å². The summed E-state index contributed by atoms with van der Waals surface area (Å²) in [6, 6.07) is 5.99. The number of carbonyl (C=O) groups excluding carboxylic acids is 1. The van der Waals surface area contributed by atoms with E-state index < -0.39 is 0 Å². The molecule has 3 unspecified atom stereocenters. The van der Waals surface area contributed by atoms with E-state index in [1.165, 1.54) is 0 Å². The van der Waals surface area contributed by atoms with Gasteiger partial charge in [-0.15, -0.1) is 0 Å². The first-order valence-corrected chi connectivity index (χ1v) is 9.49. The van der Waals surface area contributed by atoms with E-state index in [0.717, 1.165) is 17.7 Å². The van der Waals surface area contributed by atoms with E-state index in [4.69, 9.17) is 9.47 Å². The molecule has 0 radical (unpaired) electrons. The number of amides is 1. The fraction of sp³-hybridized carbons (Fsp3) is 0.650. The topological polar surface area (TPSA) is 66.1 Å². The van der Waals surface area contributed by atoms with Gasteiger partial charge in [0.2, 0.25) is 12.7 Å². The Balaban J connectivity index is 1.68. The molecule has 7 heteroatoms. The van der Waals surface area contributed by atoms with Crippen molar-refractivity contribution in [1.29, 1.82) is 0 Å². The Hall–Kier alpha value is -1.83. The first-order chi connectivity index (χ1) is 12.7. The highest BCUT2D eigenvalue weighted by Crippen LogP contribution is 2.35. The van der Waals surface area contributed by atoms with E-state index in [0.29, 0.717) is 18.3 Å². The summed E-state index contributed by atoms with van der Waals surface area (Å²) in [6.07, 6.45) is 0.998. The number of ether oxygens (including phenoxy) is 2. The molecule has 1 saturated heterocycles. The second kappa shape index (κ2) is 7.66. The molecule has 27 heavy (non-hydrogen) atoms. The minimum atomic E-state index is -0.364. The third kappa shape index (κ3) is 4.36. The highest BCUT2D eigenvalue weighted by Gasteiger charge is 2.35. The first-order valence-electron chi connectivity index (χ1n) is 9.49. The van der Waals surface area contributed by atoms with Crippen LogP contribution in [-0.2, 0) is 4.79 Å². The van der Waals surface area contributed by atoms with E-state index in [-0.39, 0.29) is 30.2 Å². The van der Waals surface area contributed by atoms with Crippen LogP contribution in [0.4, 0.5) is 0 Å². The lowest BCUT2D eigenvalue weighted by Crippen LogP contribution is -2.45. The van der Waals surface area contributed by atoms with Gasteiger partial charge in [0, 0.05) is 25.7 Å². The molecule has 1 aromatic carbocycles. The van der Waals surface area contributed by atoms with Gasteiger partial charge in [-0.25, -0.2) is 0 Å². The Labute approximate surface area is 162 Å². The van der Waals surface area contributed by atoms with Gasteiger partial charge in [-0.05, 0) is 43.6 Å². The van der Waals surface area contributed by atoms with Crippen molar-refractivity contribution in [1.82, 2.24) is 20.7 Å². The molecule has 3 rings (SSSR count). The summed E-state index contributed by atoms with van der Waals surface area (Å²) in [4.78, 5) is 17.0. The summed E-state index contributed by atoms with van der Waals surface area (Å²) < 4.78 is 10.9. The zero-order valence-electron chi connectivity index (χ0n) is 17.2. The summed E-state index contributed by atoms with van der Waals surface area (Å²) in [5, 5.41) is 0. The molecule has 7 nitrogen and oxygen atoms in total. The number of benzene rings is 1. The summed E-state index contributed by atoms with van der Waals surface area (Å²) in [5.74, 6) is 1.50. The predicted molar refractivity (Wildman–Crippen MR) is 105 cm³/mol. The van der Waals surface area contributed by atoms with Crippen LogP contribution in [0.5, 0.6) is 11.5 Å². The molecule has 0 aromatic heterocycles. The van der Waals surface area contributed by atoms with E-state index >= 15 is 0 Å². The maximum absolute atomic E-state index is 13.2. The van der Waals surface area contributed by atoms with Gasteiger partial charge in [-0.2, -0.15) is 0 Å². The summed E-state index contributed by atoms with van der Waals surface area (Å²) in [7, 11) is 5.72. The van der Waals surface area contributed by atoms with Crippen LogP contribution in [0.3, 0.4) is 0 Å². The number of hydrogen-bond donors (Lipinski definition) is 2. The number of carbonyl (C=O) groups is 1. The Kier molecular flexibility index (Phi) is 5.65. The van der Waals surface area contributed by atoms with Crippen molar-refractivity contribution in [3.8, 4) is 11.5 Å². The molecular formula is C20H32N4O3. The Morgan fingerprint density at radius 3 is 2.52 bits per heavy atom. The molecule has 2 N–H and O–H groups in total. The molecular weight excluding hydrogens is 344 g/mol. The summed E-state index contributed by atoms with van der Waals surface area (Å²) >= 11 is 0. The first kappa shape index (κ1) is 19.9. The van der Waals surface area contributed by atoms with Gasteiger partial charge in [-0.1, -0.05) is 26.8 Å². The molecule has 2 aliphatic heterocycles. The van der Waals surface area contributed by atoms with Gasteiger partial charge >= 0.3 is 0 Å². The molecule has 2 heterocycles. The largest absolute Gasteiger partial charge is 0.454 e. The van der Waals surface area contributed by atoms with Crippen molar-refractivity contribution in [2.24, 2.45) is 5.41 Å². The molecule has 150 valence electrons. The van der Waals surface area contributed by atoms with Crippen molar-refractivity contribution in [3.63, 3.8) is 0 Å². The highest BCUT2D eigenvalue weighted by atomic mass is 16.7. The average Bonchev–Trinajstić information content (AvgIpc) is 3.22. The maximum atomic E-state index is 13.2. The van der Waals surface area contributed by atoms with Crippen LogP contribution in [0.2, 0.25) is 0 Å². The van der Waals surface area contributed by atoms with Crippen molar-refractivity contribution in [2.75, 3.05) is 34.5 Å². The van der Waals surface area contributed by atoms with Crippen LogP contribution >= 0.6 is 0 Å². The van der Waals surface area contributed by atoms with Crippen LogP contribution in [0, 0.1) is 5.41 Å². The minimum Gasteiger partial charge on any atom is -0.454 e. The normalized spacial score (nSPS) is 22.9. The fourth-order valence-corrected chi connectivity index (χ4v) is 3.69. The van der Waals surface area contributed by atoms with E-state index in [9.17, 15) is 4.79 Å². The zero-order valence-corrected chi connectivity index (χ0v) is 17.2. The summed E-state index contributed by atoms with van der Waals surface area (Å²) in [5.41, 5.74) is 7.81. The number of hydrazine groups is 1. The van der Waals surface area contributed by atoms with Crippen LogP contribution in [-0.4, -0.2) is 62.3 Å². The SMILES string of the molecule is CN(CC1CC(C(C)(C)C)NN1)C(=O)C(c1ccc2c(c1)OCO2)N(C)C. The molecule has 0 bridgehead atoms. The van der Waals surface area contributed by atoms with Gasteiger partial charge in [0.05, 0.1) is 0 Å². The number of likely N-dealkylation sites (N-methyl/N-ethyl adjacent to an activating group) is 2. The van der Waals surface area contributed by atoms with Gasteiger partial charge in [0.25, 0.3) is 0 Å². The molecule has 0 saturated carbocycles. The molecule has 3 atom stereocenters. The van der Waals surface area contributed by atoms with E-state index in [1.54, 1.807) is 0 Å². The third-order valence-electron chi connectivity index (χ3n) is 5.36. The summed E-state index contributed by atoms with van der Waals surface area (Å²) in [6.45, 7) is 7.57. The van der Waals surface area contributed by atoms with Crippen molar-refractivity contribution in [2.45, 2.75) is 45.3 Å². The Morgan fingerprint density at radius 1 is 1.19 bits per heavy atom. The molecule has 0 spiro atoms. The lowest BCUT2D eigenvalue weighted by molar-refractivity contribution is -0.135. The van der Waals surface area contributed by atoms with Crippen LogP contribution < -0.4 is 20.3 Å². The van der Waals surface area contributed by atoms with Crippen LogP contribution in [0.1, 0.15) is 38.8 Å². The number of nitrogens with one attached hydrogen (secondary N) is 2. The highest BCUT2D eigenvalue weighted by molar-refractivity contribution is 5.83. The quantitative estimate of drug-likeness (QED) is 0.816. The monoisotopic (exact) mass is 376 g/mol. The molecule has 1 aromatic rings. The Morgan fingerprint density at radius 2 is 1.89 bits per heavy atom. The van der Waals surface area contributed by atoms with E-state index in [1.807, 2.05) is 49.1 Å². The molecule has 2 aliphatic rings. The number of rotatable bonds is 5. The van der Waals surface area contributed by atoms with Gasteiger partial charge < -0.3 is 14.4 Å². The molecule has 0 aliphatic carbocycles. The van der Waals surface area contributed by atoms with Crippen molar-refractivity contribution >= 4 is 5.91 Å². The minimum absolute atomic E-state index is 0.0693.